The molecule has 1 N–H and O–H groups in total. The van der Waals surface area contributed by atoms with Crippen LogP contribution < -0.4 is 19.7 Å². The van der Waals surface area contributed by atoms with Crippen LogP contribution in [0.25, 0.3) is 0 Å². The van der Waals surface area contributed by atoms with Crippen LogP contribution >= 0.6 is 11.8 Å². The molecule has 1 atom stereocenters. The predicted octanol–water partition coefficient (Wildman–Crippen LogP) is 5.82. The van der Waals surface area contributed by atoms with Crippen LogP contribution in [0.1, 0.15) is 28.6 Å². The van der Waals surface area contributed by atoms with E-state index in [9.17, 15) is 14.0 Å². The van der Waals surface area contributed by atoms with E-state index < -0.39 is 17.8 Å². The number of halogens is 1. The van der Waals surface area contributed by atoms with E-state index in [1.165, 1.54) is 43.0 Å². The van der Waals surface area contributed by atoms with Crippen LogP contribution in [0.2, 0.25) is 0 Å². The van der Waals surface area contributed by atoms with Gasteiger partial charge in [-0.2, -0.15) is 0 Å². The fourth-order valence-electron chi connectivity index (χ4n) is 4.63. The van der Waals surface area contributed by atoms with E-state index in [0.29, 0.717) is 33.5 Å². The average molecular weight is 618 g/mol. The summed E-state index contributed by atoms with van der Waals surface area (Å²) in [6, 6.07) is 19.1. The van der Waals surface area contributed by atoms with E-state index in [2.05, 4.69) is 15.3 Å². The molecule has 4 rings (SSSR count). The summed E-state index contributed by atoms with van der Waals surface area (Å²) in [5.41, 5.74) is 4.28. The van der Waals surface area contributed by atoms with E-state index in [4.69, 9.17) is 9.47 Å². The van der Waals surface area contributed by atoms with E-state index in [1.54, 1.807) is 42.5 Å². The zero-order valence-electron chi connectivity index (χ0n) is 25.6. The Balaban J connectivity index is 1.75. The molecule has 11 heteroatoms. The number of rotatable bonds is 12. The number of ether oxygens (including phenoxy) is 2. The molecule has 0 unspecified atom stereocenters. The molecule has 0 radical (unpaired) electrons. The quantitative estimate of drug-likeness (QED) is 0.157. The Labute approximate surface area is 261 Å². The minimum absolute atomic E-state index is 0.0291. The molecule has 9 nitrogen and oxygen atoms in total. The zero-order chi connectivity index (χ0) is 31.8. The maximum Gasteiger partial charge on any atom is 0.251 e. The van der Waals surface area contributed by atoms with Crippen molar-refractivity contribution in [2.24, 2.45) is 0 Å². The third-order valence-corrected chi connectivity index (χ3v) is 7.64. The second kappa shape index (κ2) is 14.7. The number of carbonyl (C=O) groups is 2. The van der Waals surface area contributed by atoms with E-state index in [-0.39, 0.29) is 18.2 Å². The fraction of sp³-hybridized carbons (Fsp3) is 0.273. The Morgan fingerprint density at radius 2 is 1.52 bits per heavy atom. The number of benzene rings is 3. The molecule has 2 amide bonds. The summed E-state index contributed by atoms with van der Waals surface area (Å²) in [7, 11) is 6.89. The van der Waals surface area contributed by atoms with Crippen LogP contribution in [0.4, 0.5) is 15.8 Å². The average Bonchev–Trinajstić information content (AvgIpc) is 3.00. The number of aryl methyl sites for hydroxylation is 2. The van der Waals surface area contributed by atoms with Crippen molar-refractivity contribution >= 4 is 35.0 Å². The van der Waals surface area contributed by atoms with Crippen molar-refractivity contribution in [3.63, 3.8) is 0 Å². The van der Waals surface area contributed by atoms with Gasteiger partial charge in [0, 0.05) is 43.4 Å². The van der Waals surface area contributed by atoms with Crippen molar-refractivity contribution in [1.82, 2.24) is 14.9 Å². The van der Waals surface area contributed by atoms with Gasteiger partial charge in [-0.3, -0.25) is 9.59 Å². The van der Waals surface area contributed by atoms with Crippen molar-refractivity contribution in [1.29, 1.82) is 0 Å². The highest BCUT2D eigenvalue weighted by Gasteiger charge is 2.33. The number of methoxy groups -OCH3 is 2. The second-order valence-corrected chi connectivity index (χ2v) is 11.3. The van der Waals surface area contributed by atoms with Gasteiger partial charge in [0.1, 0.15) is 11.9 Å². The lowest BCUT2D eigenvalue weighted by molar-refractivity contribution is -0.137. The van der Waals surface area contributed by atoms with Gasteiger partial charge in [-0.1, -0.05) is 30.0 Å². The normalized spacial score (nSPS) is 11.4. The summed E-state index contributed by atoms with van der Waals surface area (Å²) >= 11 is 1.19. The molecule has 0 spiro atoms. The Bertz CT molecular complexity index is 1580. The van der Waals surface area contributed by atoms with Crippen LogP contribution in [-0.4, -0.2) is 60.8 Å². The number of thioether (sulfide) groups is 1. The lowest BCUT2D eigenvalue weighted by Gasteiger charge is -2.32. The van der Waals surface area contributed by atoms with Gasteiger partial charge >= 0.3 is 0 Å². The molecule has 0 aliphatic rings. The van der Waals surface area contributed by atoms with E-state index >= 15 is 0 Å². The summed E-state index contributed by atoms with van der Waals surface area (Å²) in [4.78, 5) is 40.5. The maximum absolute atomic E-state index is 14.2. The largest absolute Gasteiger partial charge is 0.493 e. The molecule has 0 aliphatic carbocycles. The smallest absolute Gasteiger partial charge is 0.251 e. The Kier molecular flexibility index (Phi) is 10.8. The molecular weight excluding hydrogens is 581 g/mol. The SMILES string of the molecule is COc1ccc([C@@H](C(=O)Nc2ccc(N(C)C)cc2)N(Cc2ccc(F)cc2)C(=O)CSc2nc(C)cc(C)n2)cc1OC. The van der Waals surface area contributed by atoms with Gasteiger partial charge in [-0.15, -0.1) is 0 Å². The standard InChI is InChI=1S/C33H36FN5O4S/c1-21-17-22(2)36-33(35-21)44-20-30(40)39(19-23-7-10-25(34)11-8-23)31(24-9-16-28(42-5)29(18-24)43-6)32(41)37-26-12-14-27(15-13-26)38(3)4/h7-18,31H,19-20H2,1-6H3,(H,37,41)/t31-/m0/s1. The minimum Gasteiger partial charge on any atom is -0.493 e. The first-order valence-electron chi connectivity index (χ1n) is 13.9. The number of aromatic nitrogens is 2. The number of anilines is 2. The zero-order valence-corrected chi connectivity index (χ0v) is 26.4. The molecule has 0 bridgehead atoms. The molecule has 3 aromatic carbocycles. The summed E-state index contributed by atoms with van der Waals surface area (Å²) in [6.45, 7) is 3.77. The van der Waals surface area contributed by atoms with Gasteiger partial charge < -0.3 is 24.6 Å². The van der Waals surface area contributed by atoms with Gasteiger partial charge in [-0.25, -0.2) is 14.4 Å². The Morgan fingerprint density at radius 1 is 0.886 bits per heavy atom. The Morgan fingerprint density at radius 3 is 2.11 bits per heavy atom. The lowest BCUT2D eigenvalue weighted by atomic mass is 10.0. The first-order chi connectivity index (χ1) is 21.1. The van der Waals surface area contributed by atoms with Crippen molar-refractivity contribution in [2.75, 3.05) is 44.3 Å². The highest BCUT2D eigenvalue weighted by Crippen LogP contribution is 2.34. The van der Waals surface area contributed by atoms with Crippen LogP contribution in [0.5, 0.6) is 11.5 Å². The number of hydrogen-bond acceptors (Lipinski definition) is 8. The minimum atomic E-state index is -1.08. The van der Waals surface area contributed by atoms with Gasteiger partial charge in [0.25, 0.3) is 5.91 Å². The molecule has 4 aromatic rings. The summed E-state index contributed by atoms with van der Waals surface area (Å²) < 4.78 is 24.7. The van der Waals surface area contributed by atoms with Crippen molar-refractivity contribution in [3.8, 4) is 11.5 Å². The molecule has 230 valence electrons. The molecule has 0 saturated carbocycles. The fourth-order valence-corrected chi connectivity index (χ4v) is 5.46. The third-order valence-electron chi connectivity index (χ3n) is 6.81. The maximum atomic E-state index is 14.2. The molecule has 0 fully saturated rings. The third kappa shape index (κ3) is 8.25. The van der Waals surface area contributed by atoms with Crippen molar-refractivity contribution in [3.05, 3.63) is 101 Å². The summed E-state index contributed by atoms with van der Waals surface area (Å²) in [5, 5.41) is 3.44. The van der Waals surface area contributed by atoms with Crippen LogP contribution in [0, 0.1) is 19.7 Å². The van der Waals surface area contributed by atoms with Gasteiger partial charge in [-0.05, 0) is 79.6 Å². The number of nitrogens with one attached hydrogen (secondary N) is 1. The molecular formula is C33H36FN5O4S. The lowest BCUT2D eigenvalue weighted by Crippen LogP contribution is -2.41. The second-order valence-electron chi connectivity index (χ2n) is 10.3. The topological polar surface area (TPSA) is 96.9 Å². The Hall–Kier alpha value is -4.64. The highest BCUT2D eigenvalue weighted by molar-refractivity contribution is 7.99. The number of carbonyl (C=O) groups excluding carboxylic acids is 2. The van der Waals surface area contributed by atoms with Crippen LogP contribution in [0.3, 0.4) is 0 Å². The first-order valence-corrected chi connectivity index (χ1v) is 14.9. The van der Waals surface area contributed by atoms with Crippen LogP contribution in [-0.2, 0) is 16.1 Å². The number of amides is 2. The monoisotopic (exact) mass is 617 g/mol. The predicted molar refractivity (Wildman–Crippen MR) is 171 cm³/mol. The van der Waals surface area contributed by atoms with E-state index in [1.807, 2.05) is 51.0 Å². The summed E-state index contributed by atoms with van der Waals surface area (Å²) in [6.07, 6.45) is 0. The van der Waals surface area contributed by atoms with E-state index in [0.717, 1.165) is 17.1 Å². The number of nitrogens with zero attached hydrogens (tertiary/aromatic N) is 4. The first kappa shape index (κ1) is 32.3. The molecule has 0 saturated heterocycles. The van der Waals surface area contributed by atoms with Gasteiger partial charge in [0.2, 0.25) is 5.91 Å². The molecule has 1 heterocycles. The summed E-state index contributed by atoms with van der Waals surface area (Å²) in [5.74, 6) is -0.306. The molecule has 44 heavy (non-hydrogen) atoms. The van der Waals surface area contributed by atoms with Gasteiger partial charge in [0.05, 0.1) is 20.0 Å². The number of hydrogen-bond donors (Lipinski definition) is 1. The molecule has 0 aliphatic heterocycles. The highest BCUT2D eigenvalue weighted by atomic mass is 32.2. The van der Waals surface area contributed by atoms with Crippen molar-refractivity contribution in [2.45, 2.75) is 31.6 Å². The van der Waals surface area contributed by atoms with Crippen LogP contribution in [0.15, 0.2) is 78.0 Å². The molecule has 1 aromatic heterocycles. The van der Waals surface area contributed by atoms with Gasteiger partial charge in [0.15, 0.2) is 16.7 Å². The van der Waals surface area contributed by atoms with Crippen molar-refractivity contribution < 1.29 is 23.5 Å².